The Labute approximate surface area is 329 Å². The first kappa shape index (κ1) is 43.1. The van der Waals surface area contributed by atoms with Crippen LogP contribution in [0.5, 0.6) is 11.8 Å². The first-order valence-electron chi connectivity index (χ1n) is 16.9. The van der Waals surface area contributed by atoms with Crippen molar-refractivity contribution >= 4 is 64.8 Å². The van der Waals surface area contributed by atoms with E-state index in [0.29, 0.717) is 24.0 Å². The molecule has 0 saturated heterocycles. The maximum atomic E-state index is 13.6. The highest BCUT2D eigenvalue weighted by atomic mass is 32.2. The molecule has 10 N–H and O–H groups in total. The average molecular weight is 866 g/mol. The van der Waals surface area contributed by atoms with Crippen LogP contribution in [0.4, 0.5) is 5.69 Å². The molecule has 2 aliphatic rings. The van der Waals surface area contributed by atoms with Gasteiger partial charge in [-0.1, -0.05) is 12.5 Å². The summed E-state index contributed by atoms with van der Waals surface area (Å²) in [5, 5.41) is 39.5. The minimum atomic E-state index is -5.26. The fraction of sp³-hybridized carbons (Fsp3) is 0.235. The summed E-state index contributed by atoms with van der Waals surface area (Å²) in [6, 6.07) is 10.3. The van der Waals surface area contributed by atoms with E-state index >= 15 is 0 Å². The van der Waals surface area contributed by atoms with Crippen molar-refractivity contribution in [1.29, 1.82) is 5.41 Å². The second kappa shape index (κ2) is 16.8. The Morgan fingerprint density at radius 3 is 2.14 bits per heavy atom. The molecule has 1 aromatic heterocycles. The third-order valence-corrected chi connectivity index (χ3v) is 11.8. The summed E-state index contributed by atoms with van der Waals surface area (Å²) in [5.41, 5.74) is 3.79. The van der Waals surface area contributed by atoms with Crippen LogP contribution in [0.3, 0.4) is 0 Å². The lowest BCUT2D eigenvalue weighted by atomic mass is 9.89. The molecule has 0 atom stereocenters. The quantitative estimate of drug-likeness (QED) is 0.0279. The normalized spacial score (nSPS) is 12.2. The zero-order chi connectivity index (χ0) is 42.7. The fourth-order valence-corrected chi connectivity index (χ4v) is 8.51. The van der Waals surface area contributed by atoms with E-state index in [1.54, 1.807) is 0 Å². The molecule has 2 heterocycles. The monoisotopic (exact) mass is 865 g/mol. The van der Waals surface area contributed by atoms with Crippen molar-refractivity contribution in [2.45, 2.75) is 41.9 Å². The maximum Gasteiger partial charge on any atom is 0.336 e. The van der Waals surface area contributed by atoms with E-state index in [4.69, 9.17) is 25.0 Å². The van der Waals surface area contributed by atoms with Crippen LogP contribution in [0.25, 0.3) is 33.4 Å². The number of sulfonamides is 1. The molecule has 1 aliphatic heterocycles. The molecule has 0 spiro atoms. The number of amides is 1. The van der Waals surface area contributed by atoms with Gasteiger partial charge in [-0.2, -0.15) is 16.8 Å². The van der Waals surface area contributed by atoms with Crippen molar-refractivity contribution in [3.63, 3.8) is 0 Å². The Bertz CT molecular complexity index is 2800. The fourth-order valence-electron chi connectivity index (χ4n) is 5.94. The molecule has 2 aromatic carbocycles. The number of carbonyl (C=O) groups excluding carboxylic acids is 2. The molecule has 3 aromatic rings. The highest BCUT2D eigenvalue weighted by Crippen LogP contribution is 2.45. The Hall–Kier alpha value is -6.05. The molecule has 1 amide bonds. The van der Waals surface area contributed by atoms with Crippen molar-refractivity contribution in [2.75, 3.05) is 24.6 Å². The van der Waals surface area contributed by atoms with Gasteiger partial charge in [-0.25, -0.2) is 22.7 Å². The van der Waals surface area contributed by atoms with Gasteiger partial charge < -0.3 is 35.6 Å². The van der Waals surface area contributed by atoms with E-state index in [0.717, 1.165) is 30.3 Å². The number of hydrogen-bond donors (Lipinski definition) is 9. The minimum Gasteiger partial charge on any atom is -0.492 e. The lowest BCUT2D eigenvalue weighted by Crippen LogP contribution is -2.27. The molecule has 5 rings (SSSR count). The van der Waals surface area contributed by atoms with Gasteiger partial charge in [0.15, 0.2) is 16.2 Å². The van der Waals surface area contributed by atoms with Gasteiger partial charge in [-0.15, -0.1) is 4.73 Å². The van der Waals surface area contributed by atoms with Crippen molar-refractivity contribution < 1.29 is 73.3 Å². The Morgan fingerprint density at radius 1 is 0.828 bits per heavy atom. The number of aromatic hydroxyl groups is 2. The van der Waals surface area contributed by atoms with Gasteiger partial charge in [0.1, 0.15) is 4.90 Å². The van der Waals surface area contributed by atoms with Crippen LogP contribution in [-0.2, 0) is 35.1 Å². The molecule has 310 valence electrons. The van der Waals surface area contributed by atoms with Gasteiger partial charge >= 0.3 is 11.9 Å². The number of aromatic nitrogens is 1. The number of carbonyl (C=O) groups is 3. The SMILES string of the molecule is N=c1ccc2c(-c3ccc(C(=O)NCCCCCC(=O)On4c(O)ccc4O)cc3C(=O)O)c3ccc(N)c(S(=O)(=O)NCCCS(=O)(=O)O)c3oc-2c1S(=O)(=O)O. The second-order valence-corrected chi connectivity index (χ2v) is 17.2. The Morgan fingerprint density at radius 2 is 1.50 bits per heavy atom. The second-order valence-electron chi connectivity index (χ2n) is 12.6. The molecule has 24 heteroatoms. The third-order valence-electron chi connectivity index (χ3n) is 8.51. The number of carboxylic acids is 1. The van der Waals surface area contributed by atoms with Gasteiger partial charge in [0.05, 0.1) is 22.4 Å². The highest BCUT2D eigenvalue weighted by molar-refractivity contribution is 7.90. The van der Waals surface area contributed by atoms with Gasteiger partial charge in [-0.05, 0) is 61.2 Å². The predicted molar refractivity (Wildman–Crippen MR) is 202 cm³/mol. The largest absolute Gasteiger partial charge is 0.492 e. The van der Waals surface area contributed by atoms with Gasteiger partial charge in [0.2, 0.25) is 21.8 Å². The zero-order valence-corrected chi connectivity index (χ0v) is 32.3. The molecule has 58 heavy (non-hydrogen) atoms. The van der Waals surface area contributed by atoms with Crippen molar-refractivity contribution in [1.82, 2.24) is 14.8 Å². The summed E-state index contributed by atoms with van der Waals surface area (Å²) in [7, 11) is -14.5. The van der Waals surface area contributed by atoms with Crippen LogP contribution in [0, 0.1) is 5.41 Å². The number of unbranched alkanes of at least 4 members (excludes halogenated alkanes) is 2. The number of rotatable bonds is 17. The van der Waals surface area contributed by atoms with Crippen LogP contribution in [0.1, 0.15) is 52.8 Å². The van der Waals surface area contributed by atoms with E-state index in [1.165, 1.54) is 24.3 Å². The summed E-state index contributed by atoms with van der Waals surface area (Å²) in [4.78, 5) is 40.9. The number of nitrogen functional groups attached to an aromatic ring is 1. The molecule has 0 fully saturated rings. The van der Waals surface area contributed by atoms with Crippen LogP contribution >= 0.6 is 0 Å². The summed E-state index contributed by atoms with van der Waals surface area (Å²) in [6.07, 6.45) is 0.682. The highest BCUT2D eigenvalue weighted by Gasteiger charge is 2.32. The topological polar surface area (TPSA) is 356 Å². The number of benzene rings is 3. The first-order valence-corrected chi connectivity index (χ1v) is 21.4. The van der Waals surface area contributed by atoms with E-state index in [-0.39, 0.29) is 47.0 Å². The van der Waals surface area contributed by atoms with E-state index in [2.05, 4.69) is 10.0 Å². The average Bonchev–Trinajstić information content (AvgIpc) is 3.44. The summed E-state index contributed by atoms with van der Waals surface area (Å²) < 4.78 is 102. The number of fused-ring (bicyclic) bond motifs is 2. The number of anilines is 1. The zero-order valence-electron chi connectivity index (χ0n) is 29.8. The molecule has 0 radical (unpaired) electrons. The molecule has 0 unspecified atom stereocenters. The van der Waals surface area contributed by atoms with Crippen LogP contribution in [-0.4, -0.2) is 91.1 Å². The molecular formula is C34H35N5O16S3. The molecule has 0 saturated carbocycles. The summed E-state index contributed by atoms with van der Waals surface area (Å²) >= 11 is 0. The van der Waals surface area contributed by atoms with E-state index < -0.39 is 110 Å². The van der Waals surface area contributed by atoms with Crippen LogP contribution in [0.15, 0.2) is 68.8 Å². The minimum absolute atomic E-state index is 0.0764. The molecule has 21 nitrogen and oxygen atoms in total. The standard InChI is InChI=1S/C34H35N5O16S3/c35-23-10-8-20-28(21-9-11-24(36)32(58(51,52)53)30(21)54-29(20)31(23)57(49,50)38-15-4-16-56(46,47)48)19-7-6-18(17-22(19)34(44)45)33(43)37-14-3-1-2-5-27(42)55-39-25(40)12-13-26(39)41/h6-13,17,36,38,40-41H,1-5,14-16,35H2,(H,37,43)(H,44,45)(H,46,47,48)(H,51,52,53). The van der Waals surface area contributed by atoms with Crippen molar-refractivity contribution in [3.05, 3.63) is 71.1 Å². The van der Waals surface area contributed by atoms with E-state index in [1.807, 2.05) is 0 Å². The first-order chi connectivity index (χ1) is 27.1. The van der Waals surface area contributed by atoms with Crippen molar-refractivity contribution in [2.24, 2.45) is 0 Å². The third kappa shape index (κ3) is 9.55. The Balaban J connectivity index is 1.49. The van der Waals surface area contributed by atoms with Crippen LogP contribution < -0.4 is 26.0 Å². The number of aromatic carboxylic acids is 1. The maximum absolute atomic E-state index is 13.6. The molecular weight excluding hydrogens is 831 g/mol. The van der Waals surface area contributed by atoms with E-state index in [9.17, 15) is 59.5 Å². The van der Waals surface area contributed by atoms with Gasteiger partial charge in [0, 0.05) is 53.7 Å². The summed E-state index contributed by atoms with van der Waals surface area (Å²) in [6.45, 7) is -0.428. The molecule has 0 bridgehead atoms. The lowest BCUT2D eigenvalue weighted by molar-refractivity contribution is -0.145. The van der Waals surface area contributed by atoms with Gasteiger partial charge in [0.25, 0.3) is 26.1 Å². The Kier molecular flexibility index (Phi) is 12.5. The smallest absolute Gasteiger partial charge is 0.336 e. The van der Waals surface area contributed by atoms with Gasteiger partial charge in [-0.3, -0.25) is 19.3 Å². The van der Waals surface area contributed by atoms with Crippen molar-refractivity contribution in [3.8, 4) is 34.2 Å². The molecule has 1 aliphatic carbocycles. The number of nitrogens with zero attached hydrogens (tertiary/aromatic N) is 1. The lowest BCUT2D eigenvalue weighted by Gasteiger charge is -2.21. The van der Waals surface area contributed by atoms with Crippen LogP contribution in [0.2, 0.25) is 0 Å². The number of carboxylic acid groups (broad SMARTS) is 1. The predicted octanol–water partition coefficient (Wildman–Crippen LogP) is 1.93. The number of hydrogen-bond acceptors (Lipinski definition) is 15. The number of nitrogens with one attached hydrogen (secondary N) is 3. The summed E-state index contributed by atoms with van der Waals surface area (Å²) in [5.74, 6) is -5.51. The number of nitrogens with two attached hydrogens (primary N) is 1.